The fraction of sp³-hybridized carbons (Fsp3) is 0.481. The lowest BCUT2D eigenvalue weighted by Gasteiger charge is -2.35. The van der Waals surface area contributed by atoms with Crippen molar-refractivity contribution in [2.24, 2.45) is 16.7 Å². The molecule has 1 N–H and O–H groups in total. The van der Waals surface area contributed by atoms with E-state index in [1.165, 1.54) is 11.3 Å². The fourth-order valence-electron chi connectivity index (χ4n) is 4.73. The third-order valence-corrected chi connectivity index (χ3v) is 7.43. The van der Waals surface area contributed by atoms with Gasteiger partial charge >= 0.3 is 0 Å². The first-order valence-corrected chi connectivity index (χ1v) is 12.8. The molecule has 8 nitrogen and oxygen atoms in total. The van der Waals surface area contributed by atoms with Crippen molar-refractivity contribution in [2.75, 3.05) is 11.9 Å². The second-order valence-corrected chi connectivity index (χ2v) is 12.0. The normalized spacial score (nSPS) is 16.7. The van der Waals surface area contributed by atoms with E-state index in [1.807, 2.05) is 27.7 Å². The topological polar surface area (TPSA) is 114 Å². The summed E-state index contributed by atoms with van der Waals surface area (Å²) in [5, 5.41) is 3.39. The summed E-state index contributed by atoms with van der Waals surface area (Å²) >= 11 is 1.40. The predicted molar refractivity (Wildman–Crippen MR) is 138 cm³/mol. The van der Waals surface area contributed by atoms with Gasteiger partial charge in [0.1, 0.15) is 0 Å². The van der Waals surface area contributed by atoms with Crippen molar-refractivity contribution in [3.63, 3.8) is 0 Å². The summed E-state index contributed by atoms with van der Waals surface area (Å²) in [6.45, 7) is 11.0. The Morgan fingerprint density at radius 1 is 1.08 bits per heavy atom. The largest absolute Gasteiger partial charge is 0.301 e. The van der Waals surface area contributed by atoms with Crippen LogP contribution in [-0.2, 0) is 19.2 Å². The molecule has 1 atom stereocenters. The molecule has 1 aliphatic heterocycles. The number of Topliss-reactive ketones (excluding diaryl/α,β-unsaturated/α-hetero) is 2. The van der Waals surface area contributed by atoms with E-state index in [-0.39, 0.29) is 25.3 Å². The van der Waals surface area contributed by atoms with Gasteiger partial charge in [0.15, 0.2) is 22.6 Å². The van der Waals surface area contributed by atoms with Crippen molar-refractivity contribution in [3.05, 3.63) is 46.5 Å². The number of aromatic nitrogens is 1. The zero-order valence-corrected chi connectivity index (χ0v) is 22.5. The molecule has 36 heavy (non-hydrogen) atoms. The molecule has 0 radical (unpaired) electrons. The maximum absolute atomic E-state index is 13.2. The molecule has 1 aromatic carbocycles. The van der Waals surface area contributed by atoms with Crippen LogP contribution in [0.4, 0.5) is 5.13 Å². The molecule has 0 spiro atoms. The molecule has 1 fully saturated rings. The number of rotatable bonds is 8. The molecule has 192 valence electrons. The van der Waals surface area contributed by atoms with Crippen molar-refractivity contribution in [3.8, 4) is 0 Å². The number of aryl methyl sites for hydroxylation is 2. The van der Waals surface area contributed by atoms with Gasteiger partial charge in [-0.2, -0.15) is 0 Å². The second kappa shape index (κ2) is 10.4. The number of thiazole rings is 1. The summed E-state index contributed by atoms with van der Waals surface area (Å²) < 4.78 is 0. The quantitative estimate of drug-likeness (QED) is 0.416. The van der Waals surface area contributed by atoms with Gasteiger partial charge in [-0.25, -0.2) is 4.98 Å². The zero-order valence-electron chi connectivity index (χ0n) is 21.6. The Morgan fingerprint density at radius 3 is 2.31 bits per heavy atom. The molecular weight excluding hydrogens is 478 g/mol. The van der Waals surface area contributed by atoms with E-state index in [1.54, 1.807) is 44.2 Å². The Hall–Kier alpha value is -3.20. The van der Waals surface area contributed by atoms with E-state index in [4.69, 9.17) is 0 Å². The first kappa shape index (κ1) is 27.4. The molecular formula is C27H33N3O5S. The van der Waals surface area contributed by atoms with Gasteiger partial charge in [0, 0.05) is 35.2 Å². The van der Waals surface area contributed by atoms with E-state index >= 15 is 0 Å². The highest BCUT2D eigenvalue weighted by molar-refractivity contribution is 7.15. The molecule has 0 saturated carbocycles. The number of amides is 3. The van der Waals surface area contributed by atoms with Gasteiger partial charge in [-0.3, -0.25) is 28.9 Å². The van der Waals surface area contributed by atoms with Gasteiger partial charge < -0.3 is 5.32 Å². The van der Waals surface area contributed by atoms with Gasteiger partial charge in [-0.1, -0.05) is 45.9 Å². The fourth-order valence-corrected chi connectivity index (χ4v) is 5.54. The third kappa shape index (κ3) is 6.13. The lowest BCUT2D eigenvalue weighted by atomic mass is 9.70. The Kier molecular flexibility index (Phi) is 7.93. The molecule has 1 aromatic heterocycles. The van der Waals surface area contributed by atoms with Crippen LogP contribution in [0, 0.1) is 30.6 Å². The number of benzene rings is 1. The van der Waals surface area contributed by atoms with Crippen molar-refractivity contribution in [2.45, 2.75) is 60.8 Å². The number of nitrogens with one attached hydrogen (secondary N) is 1. The number of likely N-dealkylation sites (tertiary alicyclic amines) is 1. The summed E-state index contributed by atoms with van der Waals surface area (Å²) in [6, 6.07) is 8.31. The molecule has 9 heteroatoms. The SMILES string of the molecule is Cc1nc(NC(=O)C(C)(C)CC(C)(C)CC(=O)C2C(=O)CCN(C(=O)c3ccccc3)C2=O)sc1C. The molecule has 2 aromatic rings. The summed E-state index contributed by atoms with van der Waals surface area (Å²) in [4.78, 5) is 71.2. The number of nitrogens with zero attached hydrogens (tertiary/aromatic N) is 2. The summed E-state index contributed by atoms with van der Waals surface area (Å²) in [5.74, 6) is -4.00. The number of ketones is 2. The van der Waals surface area contributed by atoms with Gasteiger partial charge in [-0.15, -0.1) is 11.3 Å². The zero-order chi connectivity index (χ0) is 26.8. The Bertz CT molecular complexity index is 1180. The third-order valence-electron chi connectivity index (χ3n) is 6.44. The van der Waals surface area contributed by atoms with Crippen LogP contribution in [0.25, 0.3) is 0 Å². The standard InChI is InChI=1S/C27H33N3O5S/c1-16-17(2)36-25(28-16)29-24(35)27(5,6)15-26(3,4)14-20(32)21-19(31)12-13-30(23(21)34)22(33)18-10-8-7-9-11-18/h7-11,21H,12-15H2,1-6H3,(H,28,29,35). The van der Waals surface area contributed by atoms with Gasteiger partial charge in [0.25, 0.3) is 5.91 Å². The molecule has 3 rings (SSSR count). The summed E-state index contributed by atoms with van der Waals surface area (Å²) in [5.41, 5.74) is -0.336. The van der Waals surface area contributed by atoms with E-state index in [9.17, 15) is 24.0 Å². The first-order chi connectivity index (χ1) is 16.7. The molecule has 3 amide bonds. The average molecular weight is 512 g/mol. The van der Waals surface area contributed by atoms with Gasteiger partial charge in [0.2, 0.25) is 11.8 Å². The van der Waals surface area contributed by atoms with E-state index < -0.39 is 40.1 Å². The van der Waals surface area contributed by atoms with Gasteiger partial charge in [-0.05, 0) is 37.8 Å². The van der Waals surface area contributed by atoms with Crippen LogP contribution in [0.2, 0.25) is 0 Å². The van der Waals surface area contributed by atoms with Crippen molar-refractivity contribution >= 4 is 45.8 Å². The maximum atomic E-state index is 13.2. The van der Waals surface area contributed by atoms with Crippen molar-refractivity contribution in [1.29, 1.82) is 0 Å². The summed E-state index contributed by atoms with van der Waals surface area (Å²) in [7, 11) is 0. The average Bonchev–Trinajstić information content (AvgIpc) is 3.09. The van der Waals surface area contributed by atoms with E-state index in [0.29, 0.717) is 17.1 Å². The predicted octanol–water partition coefficient (Wildman–Crippen LogP) is 4.36. The number of piperidine rings is 1. The van der Waals surface area contributed by atoms with Crippen LogP contribution in [-0.4, -0.2) is 45.7 Å². The van der Waals surface area contributed by atoms with Crippen LogP contribution >= 0.6 is 11.3 Å². The Morgan fingerprint density at radius 2 is 1.72 bits per heavy atom. The van der Waals surface area contributed by atoms with Crippen LogP contribution < -0.4 is 5.32 Å². The number of carbonyl (C=O) groups is 5. The van der Waals surface area contributed by atoms with Gasteiger partial charge in [0.05, 0.1) is 5.69 Å². The lowest BCUT2D eigenvalue weighted by molar-refractivity contribution is -0.149. The number of hydrogen-bond acceptors (Lipinski definition) is 7. The van der Waals surface area contributed by atoms with E-state index in [0.717, 1.165) is 15.5 Å². The monoisotopic (exact) mass is 511 g/mol. The summed E-state index contributed by atoms with van der Waals surface area (Å²) in [6.07, 6.45) is 0.207. The molecule has 0 bridgehead atoms. The highest BCUT2D eigenvalue weighted by Crippen LogP contribution is 2.39. The van der Waals surface area contributed by atoms with Crippen LogP contribution in [0.3, 0.4) is 0 Å². The van der Waals surface area contributed by atoms with E-state index in [2.05, 4.69) is 10.3 Å². The molecule has 2 heterocycles. The minimum atomic E-state index is -1.50. The van der Waals surface area contributed by atoms with Crippen molar-refractivity contribution in [1.82, 2.24) is 9.88 Å². The van der Waals surface area contributed by atoms with Crippen LogP contribution in [0.5, 0.6) is 0 Å². The highest BCUT2D eigenvalue weighted by atomic mass is 32.1. The Labute approximate surface area is 215 Å². The lowest BCUT2D eigenvalue weighted by Crippen LogP contribution is -2.52. The first-order valence-electron chi connectivity index (χ1n) is 11.9. The molecule has 1 saturated heterocycles. The van der Waals surface area contributed by atoms with Crippen LogP contribution in [0.15, 0.2) is 30.3 Å². The molecule has 0 aliphatic carbocycles. The van der Waals surface area contributed by atoms with Crippen molar-refractivity contribution < 1.29 is 24.0 Å². The number of hydrogen-bond donors (Lipinski definition) is 1. The Balaban J connectivity index is 1.69. The molecule has 1 unspecified atom stereocenters. The number of imide groups is 1. The highest BCUT2D eigenvalue weighted by Gasteiger charge is 2.45. The second-order valence-electron chi connectivity index (χ2n) is 10.8. The smallest absolute Gasteiger partial charge is 0.260 e. The minimum absolute atomic E-state index is 0.0402. The number of carbonyl (C=O) groups excluding carboxylic acids is 5. The maximum Gasteiger partial charge on any atom is 0.260 e. The van der Waals surface area contributed by atoms with Crippen LogP contribution in [0.1, 0.15) is 67.9 Å². The number of anilines is 1. The minimum Gasteiger partial charge on any atom is -0.301 e. The molecule has 1 aliphatic rings.